The number of benzene rings is 2. The summed E-state index contributed by atoms with van der Waals surface area (Å²) < 4.78 is 10.7. The number of nitrogens with one attached hydrogen (secondary N) is 2. The van der Waals surface area contributed by atoms with Gasteiger partial charge in [0.25, 0.3) is 0 Å². The Morgan fingerprint density at radius 3 is 2.68 bits per heavy atom. The fraction of sp³-hybridized carbons (Fsp3) is 0.316. The summed E-state index contributed by atoms with van der Waals surface area (Å²) in [6.45, 7) is 4.37. The van der Waals surface area contributed by atoms with Gasteiger partial charge >= 0.3 is 0 Å². The summed E-state index contributed by atoms with van der Waals surface area (Å²) in [7, 11) is 0. The Labute approximate surface area is 152 Å². The summed E-state index contributed by atoms with van der Waals surface area (Å²) >= 11 is 6.18. The lowest BCUT2D eigenvalue weighted by Crippen LogP contribution is -2.36. The van der Waals surface area contributed by atoms with E-state index < -0.39 is 0 Å². The van der Waals surface area contributed by atoms with Crippen molar-refractivity contribution in [2.45, 2.75) is 25.9 Å². The van der Waals surface area contributed by atoms with E-state index in [-0.39, 0.29) is 31.3 Å². The first-order chi connectivity index (χ1) is 12.0. The highest BCUT2D eigenvalue weighted by atomic mass is 35.5. The number of amides is 1. The summed E-state index contributed by atoms with van der Waals surface area (Å²) in [5.41, 5.74) is 1.94. The molecule has 2 atom stereocenters. The SMILES string of the molecule is C[C@H](NCC(=O)N[C@H](C)c1ccc2c(c1)OCO2)c1ccccc1Cl. The van der Waals surface area contributed by atoms with Crippen molar-refractivity contribution >= 4 is 17.5 Å². The topological polar surface area (TPSA) is 59.6 Å². The van der Waals surface area contributed by atoms with Gasteiger partial charge in [-0.05, 0) is 43.2 Å². The minimum Gasteiger partial charge on any atom is -0.454 e. The first-order valence-electron chi connectivity index (χ1n) is 8.21. The second-order valence-electron chi connectivity index (χ2n) is 6.03. The highest BCUT2D eigenvalue weighted by Crippen LogP contribution is 2.34. The Kier molecular flexibility index (Phi) is 5.46. The van der Waals surface area contributed by atoms with E-state index in [0.29, 0.717) is 10.8 Å². The van der Waals surface area contributed by atoms with E-state index >= 15 is 0 Å². The van der Waals surface area contributed by atoms with Crippen molar-refractivity contribution in [1.29, 1.82) is 0 Å². The highest BCUT2D eigenvalue weighted by Gasteiger charge is 2.17. The van der Waals surface area contributed by atoms with Crippen molar-refractivity contribution in [1.82, 2.24) is 10.6 Å². The maximum Gasteiger partial charge on any atom is 0.234 e. The quantitative estimate of drug-likeness (QED) is 0.826. The average Bonchev–Trinajstić information content (AvgIpc) is 3.07. The molecular weight excluding hydrogens is 340 g/mol. The zero-order valence-electron chi connectivity index (χ0n) is 14.2. The van der Waals surface area contributed by atoms with E-state index in [2.05, 4.69) is 10.6 Å². The predicted octanol–water partition coefficient (Wildman–Crippen LogP) is 3.60. The molecule has 1 heterocycles. The van der Waals surface area contributed by atoms with E-state index in [4.69, 9.17) is 21.1 Å². The number of carbonyl (C=O) groups excluding carboxylic acids is 1. The van der Waals surface area contributed by atoms with Crippen LogP contribution in [0.15, 0.2) is 42.5 Å². The Morgan fingerprint density at radius 1 is 1.12 bits per heavy atom. The summed E-state index contributed by atoms with van der Waals surface area (Å²) in [6, 6.07) is 13.2. The normalized spacial score (nSPS) is 14.8. The van der Waals surface area contributed by atoms with E-state index in [1.54, 1.807) is 0 Å². The molecule has 3 rings (SSSR count). The third-order valence-corrected chi connectivity index (χ3v) is 4.56. The fourth-order valence-corrected chi connectivity index (χ4v) is 3.04. The molecule has 0 aliphatic carbocycles. The molecule has 1 aliphatic heterocycles. The minimum atomic E-state index is -0.126. The van der Waals surface area contributed by atoms with E-state index in [1.165, 1.54) is 0 Å². The van der Waals surface area contributed by atoms with Gasteiger partial charge in [0, 0.05) is 11.1 Å². The maximum absolute atomic E-state index is 12.2. The second-order valence-corrected chi connectivity index (χ2v) is 6.43. The molecule has 0 spiro atoms. The molecule has 2 N–H and O–H groups in total. The third kappa shape index (κ3) is 4.24. The number of hydrogen-bond donors (Lipinski definition) is 2. The fourth-order valence-electron chi connectivity index (χ4n) is 2.74. The van der Waals surface area contributed by atoms with Gasteiger partial charge in [-0.2, -0.15) is 0 Å². The first-order valence-corrected chi connectivity index (χ1v) is 8.59. The van der Waals surface area contributed by atoms with Gasteiger partial charge in [-0.1, -0.05) is 35.9 Å². The lowest BCUT2D eigenvalue weighted by atomic mass is 10.1. The standard InChI is InChI=1S/C19H21ClN2O3/c1-12(14-7-8-17-18(9-14)25-11-24-17)22-19(23)10-21-13(2)15-5-3-4-6-16(15)20/h3-9,12-13,21H,10-11H2,1-2H3,(H,22,23)/t12-,13+/m1/s1. The van der Waals surface area contributed by atoms with E-state index in [9.17, 15) is 4.79 Å². The molecule has 2 aromatic carbocycles. The Balaban J connectivity index is 1.53. The number of ether oxygens (including phenoxy) is 2. The van der Waals surface area contributed by atoms with Crippen LogP contribution in [0.5, 0.6) is 11.5 Å². The van der Waals surface area contributed by atoms with Crippen LogP contribution in [-0.2, 0) is 4.79 Å². The highest BCUT2D eigenvalue weighted by molar-refractivity contribution is 6.31. The molecule has 0 saturated heterocycles. The van der Waals surface area contributed by atoms with Crippen molar-refractivity contribution in [3.05, 3.63) is 58.6 Å². The van der Waals surface area contributed by atoms with Gasteiger partial charge in [0.1, 0.15) is 0 Å². The largest absolute Gasteiger partial charge is 0.454 e. The Morgan fingerprint density at radius 2 is 1.88 bits per heavy atom. The summed E-state index contributed by atoms with van der Waals surface area (Å²) in [5, 5.41) is 6.87. The summed E-state index contributed by atoms with van der Waals surface area (Å²) in [5.74, 6) is 1.37. The van der Waals surface area contributed by atoms with Crippen molar-refractivity contribution in [3.8, 4) is 11.5 Å². The van der Waals surface area contributed by atoms with Crippen molar-refractivity contribution in [2.24, 2.45) is 0 Å². The molecule has 0 aromatic heterocycles. The average molecular weight is 361 g/mol. The molecule has 0 unspecified atom stereocenters. The van der Waals surface area contributed by atoms with Gasteiger partial charge in [0.2, 0.25) is 12.7 Å². The smallest absolute Gasteiger partial charge is 0.234 e. The molecule has 0 saturated carbocycles. The van der Waals surface area contributed by atoms with Crippen LogP contribution < -0.4 is 20.1 Å². The Hall–Kier alpha value is -2.24. The van der Waals surface area contributed by atoms with Crippen LogP contribution in [0, 0.1) is 0 Å². The first kappa shape index (κ1) is 17.6. The zero-order valence-corrected chi connectivity index (χ0v) is 15.0. The lowest BCUT2D eigenvalue weighted by molar-refractivity contribution is -0.121. The number of rotatable bonds is 6. The molecule has 2 aromatic rings. The third-order valence-electron chi connectivity index (χ3n) is 4.21. The lowest BCUT2D eigenvalue weighted by Gasteiger charge is -2.18. The van der Waals surface area contributed by atoms with Crippen LogP contribution in [0.2, 0.25) is 5.02 Å². The molecule has 25 heavy (non-hydrogen) atoms. The van der Waals surface area contributed by atoms with Crippen LogP contribution in [0.4, 0.5) is 0 Å². The zero-order chi connectivity index (χ0) is 17.8. The predicted molar refractivity (Wildman–Crippen MR) is 97.0 cm³/mol. The monoisotopic (exact) mass is 360 g/mol. The van der Waals surface area contributed by atoms with Gasteiger partial charge in [0.15, 0.2) is 11.5 Å². The molecule has 0 fully saturated rings. The molecular formula is C19H21ClN2O3. The summed E-state index contributed by atoms with van der Waals surface area (Å²) in [4.78, 5) is 12.2. The maximum atomic E-state index is 12.2. The van der Waals surface area contributed by atoms with Gasteiger partial charge in [-0.15, -0.1) is 0 Å². The molecule has 6 heteroatoms. The van der Waals surface area contributed by atoms with Crippen molar-refractivity contribution < 1.29 is 14.3 Å². The number of hydrogen-bond acceptors (Lipinski definition) is 4. The molecule has 0 bridgehead atoms. The molecule has 5 nitrogen and oxygen atoms in total. The molecule has 0 radical (unpaired) electrons. The van der Waals surface area contributed by atoms with Gasteiger partial charge in [0.05, 0.1) is 12.6 Å². The number of halogens is 1. The van der Waals surface area contributed by atoms with Crippen LogP contribution in [0.1, 0.15) is 37.1 Å². The Bertz CT molecular complexity index is 766. The van der Waals surface area contributed by atoms with Crippen LogP contribution in [0.25, 0.3) is 0 Å². The van der Waals surface area contributed by atoms with Crippen LogP contribution >= 0.6 is 11.6 Å². The molecule has 1 aliphatic rings. The minimum absolute atomic E-state index is 0.0136. The van der Waals surface area contributed by atoms with Gasteiger partial charge in [-0.3, -0.25) is 4.79 Å². The van der Waals surface area contributed by atoms with E-state index in [0.717, 1.165) is 16.9 Å². The number of carbonyl (C=O) groups is 1. The van der Waals surface area contributed by atoms with Gasteiger partial charge < -0.3 is 20.1 Å². The van der Waals surface area contributed by atoms with Crippen molar-refractivity contribution in [3.63, 3.8) is 0 Å². The molecule has 132 valence electrons. The summed E-state index contributed by atoms with van der Waals surface area (Å²) in [6.07, 6.45) is 0. The second kappa shape index (κ2) is 7.76. The molecule has 1 amide bonds. The van der Waals surface area contributed by atoms with Crippen molar-refractivity contribution in [2.75, 3.05) is 13.3 Å². The number of fused-ring (bicyclic) bond motifs is 1. The van der Waals surface area contributed by atoms with Crippen LogP contribution in [-0.4, -0.2) is 19.2 Å². The van der Waals surface area contributed by atoms with Gasteiger partial charge in [-0.25, -0.2) is 0 Å². The van der Waals surface area contributed by atoms with E-state index in [1.807, 2.05) is 56.3 Å². The van der Waals surface area contributed by atoms with Crippen LogP contribution in [0.3, 0.4) is 0 Å².